The van der Waals surface area contributed by atoms with Gasteiger partial charge in [-0.3, -0.25) is 9.59 Å². The van der Waals surface area contributed by atoms with Crippen molar-refractivity contribution in [1.29, 1.82) is 0 Å². The summed E-state index contributed by atoms with van der Waals surface area (Å²) in [6, 6.07) is 10.5. The van der Waals surface area contributed by atoms with Crippen LogP contribution in [0.1, 0.15) is 63.9 Å². The zero-order chi connectivity index (χ0) is 20.5. The van der Waals surface area contributed by atoms with E-state index < -0.39 is 0 Å². The Labute approximate surface area is 175 Å². The van der Waals surface area contributed by atoms with E-state index in [1.54, 1.807) is 0 Å². The predicted octanol–water partition coefficient (Wildman–Crippen LogP) is 3.62. The highest BCUT2D eigenvalue weighted by Gasteiger charge is 2.38. The molecule has 0 radical (unpaired) electrons. The number of rotatable bonds is 11. The summed E-state index contributed by atoms with van der Waals surface area (Å²) in [7, 11) is 0. The molecule has 0 heterocycles. The minimum Gasteiger partial charge on any atom is -0.376 e. The lowest BCUT2D eigenvalue weighted by Gasteiger charge is -2.36. The molecular weight excluding hydrogens is 364 g/mol. The van der Waals surface area contributed by atoms with Crippen molar-refractivity contribution in [2.75, 3.05) is 13.2 Å². The summed E-state index contributed by atoms with van der Waals surface area (Å²) in [5.41, 5.74) is 1.35. The summed E-state index contributed by atoms with van der Waals surface area (Å²) >= 11 is 0. The normalized spacial score (nSPS) is 24.1. The molecule has 160 valence electrons. The fraction of sp³-hybridized carbons (Fsp3) is 0.667. The van der Waals surface area contributed by atoms with Crippen LogP contribution in [0.2, 0.25) is 0 Å². The van der Waals surface area contributed by atoms with Crippen LogP contribution in [-0.2, 0) is 20.7 Å². The fourth-order valence-corrected chi connectivity index (χ4v) is 4.09. The first-order valence-electron chi connectivity index (χ1n) is 11.4. The molecule has 1 aromatic rings. The first-order valence-corrected chi connectivity index (χ1v) is 11.4. The molecule has 0 aliphatic heterocycles. The Kier molecular flexibility index (Phi) is 8.53. The molecule has 0 aromatic heterocycles. The summed E-state index contributed by atoms with van der Waals surface area (Å²) in [5, 5.41) is 6.30. The molecule has 3 rings (SSSR count). The Morgan fingerprint density at radius 2 is 1.76 bits per heavy atom. The van der Waals surface area contributed by atoms with Crippen molar-refractivity contribution in [1.82, 2.24) is 10.6 Å². The molecule has 5 nitrogen and oxygen atoms in total. The molecule has 0 saturated heterocycles. The van der Waals surface area contributed by atoms with E-state index in [9.17, 15) is 9.59 Å². The van der Waals surface area contributed by atoms with Gasteiger partial charge in [0.15, 0.2) is 0 Å². The molecule has 1 aromatic carbocycles. The first kappa shape index (κ1) is 21.8. The second-order valence-corrected chi connectivity index (χ2v) is 8.54. The average molecular weight is 401 g/mol. The number of ether oxygens (including phenoxy) is 1. The largest absolute Gasteiger partial charge is 0.376 e. The van der Waals surface area contributed by atoms with Crippen molar-refractivity contribution in [3.05, 3.63) is 35.9 Å². The zero-order valence-corrected chi connectivity index (χ0v) is 17.7. The SMILES string of the molecule is CCCO[C@@H]1C[C@@H](C(=O)NCCCCc2ccccc2)CC[C@H]1NC(=O)C1CC1. The van der Waals surface area contributed by atoms with Gasteiger partial charge in [0.25, 0.3) is 0 Å². The molecule has 2 fully saturated rings. The fourth-order valence-electron chi connectivity index (χ4n) is 4.09. The molecule has 5 heteroatoms. The zero-order valence-electron chi connectivity index (χ0n) is 17.7. The molecule has 2 saturated carbocycles. The van der Waals surface area contributed by atoms with Crippen molar-refractivity contribution < 1.29 is 14.3 Å². The van der Waals surface area contributed by atoms with Gasteiger partial charge in [-0.2, -0.15) is 0 Å². The summed E-state index contributed by atoms with van der Waals surface area (Å²) < 4.78 is 6.02. The number of hydrogen-bond acceptors (Lipinski definition) is 3. The van der Waals surface area contributed by atoms with Gasteiger partial charge in [0.2, 0.25) is 11.8 Å². The molecule has 2 amide bonds. The minimum atomic E-state index is -0.0553. The molecule has 2 aliphatic rings. The summed E-state index contributed by atoms with van der Waals surface area (Å²) in [6.07, 6.45) is 8.36. The van der Waals surface area contributed by atoms with Crippen LogP contribution in [0, 0.1) is 11.8 Å². The summed E-state index contributed by atoms with van der Waals surface area (Å²) in [5.74, 6) is 0.502. The number of amides is 2. The van der Waals surface area contributed by atoms with E-state index in [-0.39, 0.29) is 35.8 Å². The van der Waals surface area contributed by atoms with Gasteiger partial charge in [-0.15, -0.1) is 0 Å². The Morgan fingerprint density at radius 3 is 2.48 bits per heavy atom. The second-order valence-electron chi connectivity index (χ2n) is 8.54. The van der Waals surface area contributed by atoms with Gasteiger partial charge in [0.05, 0.1) is 12.1 Å². The third-order valence-electron chi connectivity index (χ3n) is 6.01. The highest BCUT2D eigenvalue weighted by Crippen LogP contribution is 2.31. The molecule has 2 N–H and O–H groups in total. The lowest BCUT2D eigenvalue weighted by atomic mass is 9.83. The van der Waals surface area contributed by atoms with Crippen LogP contribution < -0.4 is 10.6 Å². The molecule has 0 bridgehead atoms. The Balaban J connectivity index is 1.38. The van der Waals surface area contributed by atoms with Gasteiger partial charge < -0.3 is 15.4 Å². The third kappa shape index (κ3) is 7.14. The molecule has 29 heavy (non-hydrogen) atoms. The van der Waals surface area contributed by atoms with Crippen LogP contribution in [-0.4, -0.2) is 37.1 Å². The number of nitrogens with one attached hydrogen (secondary N) is 2. The van der Waals surface area contributed by atoms with E-state index in [2.05, 4.69) is 41.8 Å². The van der Waals surface area contributed by atoms with E-state index in [4.69, 9.17) is 4.74 Å². The molecule has 3 atom stereocenters. The van der Waals surface area contributed by atoms with Gasteiger partial charge in [0, 0.05) is 25.0 Å². The van der Waals surface area contributed by atoms with Crippen LogP contribution in [0.25, 0.3) is 0 Å². The Morgan fingerprint density at radius 1 is 1.00 bits per heavy atom. The highest BCUT2D eigenvalue weighted by atomic mass is 16.5. The smallest absolute Gasteiger partial charge is 0.223 e. The predicted molar refractivity (Wildman–Crippen MR) is 114 cm³/mol. The van der Waals surface area contributed by atoms with Gasteiger partial charge in [-0.1, -0.05) is 37.3 Å². The van der Waals surface area contributed by atoms with Gasteiger partial charge in [0.1, 0.15) is 0 Å². The Hall–Kier alpha value is -1.88. The minimum absolute atomic E-state index is 0.0138. The number of unbranched alkanes of at least 4 members (excludes halogenated alkanes) is 1. The molecule has 0 unspecified atom stereocenters. The number of carbonyl (C=O) groups excluding carboxylic acids is 2. The molecule has 2 aliphatic carbocycles. The van der Waals surface area contributed by atoms with Crippen LogP contribution in [0.5, 0.6) is 0 Å². The van der Waals surface area contributed by atoms with Crippen molar-refractivity contribution >= 4 is 11.8 Å². The van der Waals surface area contributed by atoms with Crippen molar-refractivity contribution in [2.24, 2.45) is 11.8 Å². The third-order valence-corrected chi connectivity index (χ3v) is 6.01. The number of benzene rings is 1. The lowest BCUT2D eigenvalue weighted by Crippen LogP contribution is -2.50. The number of aryl methyl sites for hydroxylation is 1. The summed E-state index contributed by atoms with van der Waals surface area (Å²) in [4.78, 5) is 24.8. The topological polar surface area (TPSA) is 67.4 Å². The quantitative estimate of drug-likeness (QED) is 0.558. The molecular formula is C24H36N2O3. The second kappa shape index (κ2) is 11.3. The highest BCUT2D eigenvalue weighted by molar-refractivity contribution is 5.81. The van der Waals surface area contributed by atoms with Gasteiger partial charge in [-0.05, 0) is 63.4 Å². The maximum atomic E-state index is 12.6. The van der Waals surface area contributed by atoms with Gasteiger partial charge in [-0.25, -0.2) is 0 Å². The van der Waals surface area contributed by atoms with E-state index in [0.717, 1.165) is 57.9 Å². The van der Waals surface area contributed by atoms with Crippen molar-refractivity contribution in [2.45, 2.75) is 76.9 Å². The lowest BCUT2D eigenvalue weighted by molar-refractivity contribution is -0.130. The summed E-state index contributed by atoms with van der Waals surface area (Å²) in [6.45, 7) is 3.49. The van der Waals surface area contributed by atoms with Crippen molar-refractivity contribution in [3.63, 3.8) is 0 Å². The maximum Gasteiger partial charge on any atom is 0.223 e. The van der Waals surface area contributed by atoms with Crippen LogP contribution >= 0.6 is 0 Å². The van der Waals surface area contributed by atoms with Crippen LogP contribution in [0.15, 0.2) is 30.3 Å². The van der Waals surface area contributed by atoms with E-state index in [1.165, 1.54) is 5.56 Å². The Bertz CT molecular complexity index is 645. The van der Waals surface area contributed by atoms with E-state index >= 15 is 0 Å². The van der Waals surface area contributed by atoms with E-state index in [0.29, 0.717) is 13.0 Å². The van der Waals surface area contributed by atoms with E-state index in [1.807, 2.05) is 6.07 Å². The average Bonchev–Trinajstić information content (AvgIpc) is 3.59. The number of carbonyl (C=O) groups is 2. The van der Waals surface area contributed by atoms with Crippen LogP contribution in [0.3, 0.4) is 0 Å². The first-order chi connectivity index (χ1) is 14.2. The molecule has 0 spiro atoms. The standard InChI is InChI=1S/C24H36N2O3/c1-2-16-29-22-17-20(13-14-21(22)26-24(28)19-11-12-19)23(27)25-15-7-6-10-18-8-4-3-5-9-18/h3-5,8-9,19-22H,2,6-7,10-17H2,1H3,(H,25,27)(H,26,28)/t20-,21+,22+/m0/s1. The van der Waals surface area contributed by atoms with Gasteiger partial charge >= 0.3 is 0 Å². The van der Waals surface area contributed by atoms with Crippen LogP contribution in [0.4, 0.5) is 0 Å². The monoisotopic (exact) mass is 400 g/mol. The van der Waals surface area contributed by atoms with Crippen molar-refractivity contribution in [3.8, 4) is 0 Å². The maximum absolute atomic E-state index is 12.6. The number of hydrogen-bond donors (Lipinski definition) is 2.